The van der Waals surface area contributed by atoms with Crippen LogP contribution in [0.25, 0.3) is 0 Å². The standard InChI is InChI=1S/C5H14N2O.HNO/c1-2-5-8-7-4-3-6;1-2/h7H,2-6H2,1H3;1H. The van der Waals surface area contributed by atoms with E-state index in [-0.39, 0.29) is 0 Å². The molecule has 5 heteroatoms. The fourth-order valence-corrected chi connectivity index (χ4v) is 0.305. The second-order valence-electron chi connectivity index (χ2n) is 1.53. The van der Waals surface area contributed by atoms with Gasteiger partial charge in [-0.25, -0.2) is 5.48 Å². The van der Waals surface area contributed by atoms with E-state index in [0.717, 1.165) is 19.6 Å². The minimum absolute atomic E-state index is 0.629. The van der Waals surface area contributed by atoms with Crippen molar-refractivity contribution in [2.45, 2.75) is 13.3 Å². The van der Waals surface area contributed by atoms with Crippen LogP contribution in [0.3, 0.4) is 0 Å². The van der Waals surface area contributed by atoms with Gasteiger partial charge in [0.2, 0.25) is 0 Å². The lowest BCUT2D eigenvalue weighted by atomic mass is 10.5. The van der Waals surface area contributed by atoms with Gasteiger partial charge >= 0.3 is 0 Å². The summed E-state index contributed by atoms with van der Waals surface area (Å²) < 4.78 is 0. The predicted molar refractivity (Wildman–Crippen MR) is 39.4 cm³/mol. The zero-order valence-electron chi connectivity index (χ0n) is 6.22. The molecule has 0 aliphatic carbocycles. The van der Waals surface area contributed by atoms with Gasteiger partial charge in [0.05, 0.1) is 6.61 Å². The highest BCUT2D eigenvalue weighted by Gasteiger charge is 1.79. The number of nitroso groups, excluding NO2 is 1. The first-order valence-electron chi connectivity index (χ1n) is 3.17. The molecule has 0 unspecified atom stereocenters. The zero-order valence-corrected chi connectivity index (χ0v) is 6.22. The van der Waals surface area contributed by atoms with Crippen molar-refractivity contribution in [3.05, 3.63) is 4.91 Å². The highest BCUT2D eigenvalue weighted by atomic mass is 16.6. The Kier molecular flexibility index (Phi) is 19.3. The van der Waals surface area contributed by atoms with Gasteiger partial charge in [-0.1, -0.05) is 12.5 Å². The molecule has 4 N–H and O–H groups in total. The zero-order chi connectivity index (χ0) is 8.24. The van der Waals surface area contributed by atoms with E-state index in [9.17, 15) is 0 Å². The van der Waals surface area contributed by atoms with Crippen LogP contribution < -0.4 is 11.2 Å². The van der Waals surface area contributed by atoms with Crippen LogP contribution in [0, 0.1) is 10.5 Å². The van der Waals surface area contributed by atoms with Crippen LogP contribution in [0.5, 0.6) is 0 Å². The molecule has 0 radical (unpaired) electrons. The van der Waals surface area contributed by atoms with Crippen molar-refractivity contribution < 1.29 is 4.84 Å². The molecule has 0 heterocycles. The van der Waals surface area contributed by atoms with Crippen molar-refractivity contribution in [1.82, 2.24) is 5.48 Å². The van der Waals surface area contributed by atoms with Crippen LogP contribution >= 0.6 is 0 Å². The fraction of sp³-hybridized carbons (Fsp3) is 1.00. The summed E-state index contributed by atoms with van der Waals surface area (Å²) in [6.07, 6.45) is 1.04. The minimum Gasteiger partial charge on any atom is -0.329 e. The largest absolute Gasteiger partial charge is 0.329 e. The monoisotopic (exact) mass is 149 g/mol. The summed E-state index contributed by atoms with van der Waals surface area (Å²) in [7, 11) is 0. The van der Waals surface area contributed by atoms with Crippen molar-refractivity contribution in [3.8, 4) is 0 Å². The summed E-state index contributed by atoms with van der Waals surface area (Å²) in [5.41, 5.74) is 12.4. The molecule has 0 spiro atoms. The molecule has 0 aromatic carbocycles. The molecule has 5 nitrogen and oxygen atoms in total. The smallest absolute Gasteiger partial charge is 0.0679 e. The Morgan fingerprint density at radius 3 is 2.60 bits per heavy atom. The maximum Gasteiger partial charge on any atom is 0.0679 e. The lowest BCUT2D eigenvalue weighted by Gasteiger charge is -2.00. The molecule has 0 aromatic rings. The van der Waals surface area contributed by atoms with Crippen molar-refractivity contribution >= 4 is 0 Å². The normalized spacial score (nSPS) is 8.20. The maximum absolute atomic E-state index is 7.50. The third-order valence-corrected chi connectivity index (χ3v) is 0.655. The molecule has 62 valence electrons. The van der Waals surface area contributed by atoms with E-state index in [0.29, 0.717) is 6.54 Å². The van der Waals surface area contributed by atoms with Crippen molar-refractivity contribution in [2.75, 3.05) is 19.7 Å². The summed E-state index contributed by atoms with van der Waals surface area (Å²) in [5.74, 6) is 0. The number of rotatable bonds is 5. The Labute approximate surface area is 60.6 Å². The molecule has 0 aliphatic heterocycles. The van der Waals surface area contributed by atoms with Gasteiger partial charge in [0.15, 0.2) is 0 Å². The Hall–Kier alpha value is -0.520. The van der Waals surface area contributed by atoms with E-state index < -0.39 is 0 Å². The first-order valence-corrected chi connectivity index (χ1v) is 3.17. The summed E-state index contributed by atoms with van der Waals surface area (Å²) >= 11 is 0. The number of nitrogens with one attached hydrogen (secondary N) is 2. The van der Waals surface area contributed by atoms with E-state index in [1.54, 1.807) is 0 Å². The van der Waals surface area contributed by atoms with Crippen LogP contribution in [0.2, 0.25) is 0 Å². The molecular formula is C5H15N3O2. The number of hydroxylamine groups is 1. The number of nitrogens with two attached hydrogens (primary N) is 1. The average Bonchev–Trinajstić information content (AvgIpc) is 2.02. The molecule has 0 rings (SSSR count). The molecule has 0 fully saturated rings. The molecule has 0 amide bonds. The van der Waals surface area contributed by atoms with Crippen LogP contribution in [0.4, 0.5) is 0 Å². The lowest BCUT2D eigenvalue weighted by Crippen LogP contribution is -2.22. The molecule has 0 saturated carbocycles. The van der Waals surface area contributed by atoms with E-state index in [2.05, 4.69) is 18.0 Å². The number of hydrogen-bond acceptors (Lipinski definition) is 5. The van der Waals surface area contributed by atoms with Gasteiger partial charge in [-0.2, -0.15) is 4.91 Å². The molecule has 0 aliphatic rings. The Morgan fingerprint density at radius 1 is 1.60 bits per heavy atom. The Balaban J connectivity index is 0. The van der Waals surface area contributed by atoms with E-state index in [4.69, 9.17) is 15.5 Å². The third-order valence-electron chi connectivity index (χ3n) is 0.655. The minimum atomic E-state index is 0.629. The lowest BCUT2D eigenvalue weighted by molar-refractivity contribution is 0.0437. The van der Waals surface area contributed by atoms with Crippen molar-refractivity contribution in [3.63, 3.8) is 0 Å². The Bertz CT molecular complexity index is 48.2. The molecular weight excluding hydrogens is 134 g/mol. The van der Waals surface area contributed by atoms with Gasteiger partial charge in [-0.05, 0) is 6.42 Å². The SMILES string of the molecule is CCCONCCN.N=O. The molecule has 0 bridgehead atoms. The van der Waals surface area contributed by atoms with Crippen LogP contribution in [-0.2, 0) is 4.84 Å². The van der Waals surface area contributed by atoms with E-state index in [1.807, 2.05) is 0 Å². The maximum atomic E-state index is 7.50. The summed E-state index contributed by atoms with van der Waals surface area (Å²) in [6.45, 7) is 4.19. The number of hydrogen-bond donors (Lipinski definition) is 3. The highest BCUT2D eigenvalue weighted by Crippen LogP contribution is 1.72. The van der Waals surface area contributed by atoms with E-state index in [1.165, 1.54) is 0 Å². The van der Waals surface area contributed by atoms with Gasteiger partial charge in [-0.15, -0.1) is 0 Å². The summed E-state index contributed by atoms with van der Waals surface area (Å²) in [4.78, 5) is 12.4. The van der Waals surface area contributed by atoms with Gasteiger partial charge in [-0.3, -0.25) is 0 Å². The molecule has 10 heavy (non-hydrogen) atoms. The second-order valence-corrected chi connectivity index (χ2v) is 1.53. The van der Waals surface area contributed by atoms with Crippen LogP contribution in [0.1, 0.15) is 13.3 Å². The topological polar surface area (TPSA) is 88.2 Å². The van der Waals surface area contributed by atoms with Crippen molar-refractivity contribution in [1.29, 1.82) is 5.59 Å². The first-order chi connectivity index (χ1) is 4.91. The van der Waals surface area contributed by atoms with Gasteiger partial charge in [0, 0.05) is 13.1 Å². The fourth-order valence-electron chi connectivity index (χ4n) is 0.305. The molecule has 0 aromatic heterocycles. The van der Waals surface area contributed by atoms with Crippen LogP contribution in [-0.4, -0.2) is 19.7 Å². The van der Waals surface area contributed by atoms with Gasteiger partial charge in [0.1, 0.15) is 0 Å². The average molecular weight is 149 g/mol. The van der Waals surface area contributed by atoms with E-state index >= 15 is 0 Å². The third kappa shape index (κ3) is 15.6. The van der Waals surface area contributed by atoms with Gasteiger partial charge in [0.25, 0.3) is 0 Å². The quantitative estimate of drug-likeness (QED) is 0.296. The van der Waals surface area contributed by atoms with Crippen molar-refractivity contribution in [2.24, 2.45) is 5.73 Å². The van der Waals surface area contributed by atoms with Crippen LogP contribution in [0.15, 0.2) is 0 Å². The van der Waals surface area contributed by atoms with Gasteiger partial charge < -0.3 is 10.6 Å². The predicted octanol–water partition coefficient (Wildman–Crippen LogP) is 0.208. The first kappa shape index (κ1) is 12.2. The highest BCUT2D eigenvalue weighted by molar-refractivity contribution is 4.31. The molecule has 0 atom stereocenters. The summed E-state index contributed by atoms with van der Waals surface area (Å²) in [6, 6.07) is 0. The molecule has 0 saturated heterocycles. The Morgan fingerprint density at radius 2 is 2.20 bits per heavy atom. The summed E-state index contributed by atoms with van der Waals surface area (Å²) in [5, 5.41) is 0. The second kappa shape index (κ2) is 15.8.